The number of halogens is 1. The van der Waals surface area contributed by atoms with Crippen LogP contribution < -0.4 is 15.0 Å². The first-order valence-corrected chi connectivity index (χ1v) is 13.3. The molecule has 0 spiro atoms. The Morgan fingerprint density at radius 2 is 1.92 bits per heavy atom. The molecule has 0 unspecified atom stereocenters. The molecule has 196 valence electrons. The molecule has 0 bridgehead atoms. The van der Waals surface area contributed by atoms with Gasteiger partial charge in [0.2, 0.25) is 10.0 Å². The van der Waals surface area contributed by atoms with Crippen molar-refractivity contribution in [2.45, 2.75) is 0 Å². The van der Waals surface area contributed by atoms with Gasteiger partial charge in [-0.25, -0.2) is 17.1 Å². The number of carbonyl (C=O) groups excluding carboxylic acids is 2. The zero-order valence-corrected chi connectivity index (χ0v) is 21.3. The molecule has 2 amide bonds. The van der Waals surface area contributed by atoms with E-state index in [1.807, 2.05) is 0 Å². The predicted molar refractivity (Wildman–Crippen MR) is 139 cm³/mol. The van der Waals surface area contributed by atoms with Crippen molar-refractivity contribution in [3.8, 4) is 17.0 Å². The third kappa shape index (κ3) is 4.75. The van der Waals surface area contributed by atoms with E-state index in [2.05, 4.69) is 20.5 Å². The van der Waals surface area contributed by atoms with Crippen LogP contribution in [0, 0.1) is 5.82 Å². The van der Waals surface area contributed by atoms with Gasteiger partial charge in [0.1, 0.15) is 11.6 Å². The van der Waals surface area contributed by atoms with Gasteiger partial charge in [0.25, 0.3) is 11.8 Å². The Morgan fingerprint density at radius 3 is 2.61 bits per heavy atom. The number of benzene rings is 2. The van der Waals surface area contributed by atoms with Crippen molar-refractivity contribution in [3.63, 3.8) is 0 Å². The van der Waals surface area contributed by atoms with Crippen LogP contribution in [0.5, 0.6) is 5.75 Å². The van der Waals surface area contributed by atoms with Crippen molar-refractivity contribution in [1.29, 1.82) is 0 Å². The van der Waals surface area contributed by atoms with Gasteiger partial charge in [0.15, 0.2) is 5.82 Å². The fourth-order valence-corrected chi connectivity index (χ4v) is 5.14. The molecule has 4 aromatic rings. The lowest BCUT2D eigenvalue weighted by Gasteiger charge is -2.34. The van der Waals surface area contributed by atoms with Gasteiger partial charge in [-0.1, -0.05) is 6.07 Å². The maximum atomic E-state index is 14.6. The van der Waals surface area contributed by atoms with Crippen molar-refractivity contribution in [1.82, 2.24) is 19.5 Å². The highest BCUT2D eigenvalue weighted by Gasteiger charge is 2.30. The molecule has 38 heavy (non-hydrogen) atoms. The molecule has 2 N–H and O–H groups in total. The molecule has 11 nitrogen and oxygen atoms in total. The first-order chi connectivity index (χ1) is 18.2. The molecule has 1 saturated heterocycles. The van der Waals surface area contributed by atoms with Crippen molar-refractivity contribution < 1.29 is 27.1 Å². The highest BCUT2D eigenvalue weighted by atomic mass is 32.2. The summed E-state index contributed by atoms with van der Waals surface area (Å²) in [7, 11) is -2.15. The Balaban J connectivity index is 1.34. The number of ether oxygens (including phenoxy) is 1. The number of hydrogen-bond acceptors (Lipinski definition) is 8. The lowest BCUT2D eigenvalue weighted by atomic mass is 10.1. The zero-order chi connectivity index (χ0) is 27.0. The van der Waals surface area contributed by atoms with E-state index in [4.69, 9.17) is 4.74 Å². The number of nitrogens with one attached hydrogen (secondary N) is 2. The summed E-state index contributed by atoms with van der Waals surface area (Å²) in [5.41, 5.74) is 2.09. The molecule has 0 atom stereocenters. The van der Waals surface area contributed by atoms with Crippen molar-refractivity contribution >= 4 is 44.2 Å². The van der Waals surface area contributed by atoms with E-state index in [9.17, 15) is 22.4 Å². The van der Waals surface area contributed by atoms with E-state index < -0.39 is 27.7 Å². The van der Waals surface area contributed by atoms with Crippen LogP contribution in [0.25, 0.3) is 22.2 Å². The lowest BCUT2D eigenvalue weighted by molar-refractivity contribution is -0.126. The molecule has 2 aromatic heterocycles. The topological polar surface area (TPSA) is 138 Å². The summed E-state index contributed by atoms with van der Waals surface area (Å²) in [6.07, 6.45) is 2.50. The number of aromatic nitrogens is 3. The molecule has 0 radical (unpaired) electrons. The molecule has 1 aliphatic heterocycles. The van der Waals surface area contributed by atoms with Crippen LogP contribution in [-0.2, 0) is 14.8 Å². The number of hydrogen-bond donors (Lipinski definition) is 2. The van der Waals surface area contributed by atoms with Crippen LogP contribution in [0.4, 0.5) is 15.9 Å². The number of pyridine rings is 1. The molecular weight excluding hydrogens is 515 g/mol. The maximum absolute atomic E-state index is 14.6. The number of nitrogens with zero attached hydrogens (tertiary/aromatic N) is 4. The Morgan fingerprint density at radius 1 is 1.16 bits per heavy atom. The zero-order valence-electron chi connectivity index (χ0n) is 20.4. The van der Waals surface area contributed by atoms with Gasteiger partial charge >= 0.3 is 0 Å². The van der Waals surface area contributed by atoms with E-state index in [0.717, 1.165) is 10.6 Å². The van der Waals surface area contributed by atoms with Crippen LogP contribution in [0.3, 0.4) is 0 Å². The van der Waals surface area contributed by atoms with Crippen molar-refractivity contribution in [2.24, 2.45) is 0 Å². The summed E-state index contributed by atoms with van der Waals surface area (Å²) < 4.78 is 44.2. The van der Waals surface area contributed by atoms with E-state index in [-0.39, 0.29) is 24.5 Å². The standard InChI is InChI=1S/C25H23FN6O5S/c1-37-21-5-3-4-18(26)23(21)19-12-17-20(13-27-19)29-30-24(17)28-25(34)15-6-8-16(9-7-15)31-10-11-32(22(33)14-31)38(2,35)36/h3-9,12-13H,10-11,14H2,1-2H3,(H2,28,29,30,34). The van der Waals surface area contributed by atoms with Gasteiger partial charge in [-0.15, -0.1) is 0 Å². The average molecular weight is 539 g/mol. The van der Waals surface area contributed by atoms with E-state index in [1.54, 1.807) is 47.4 Å². The molecule has 0 aliphatic carbocycles. The van der Waals surface area contributed by atoms with Gasteiger partial charge in [0, 0.05) is 23.2 Å². The lowest BCUT2D eigenvalue weighted by Crippen LogP contribution is -2.52. The molecule has 0 saturated carbocycles. The highest BCUT2D eigenvalue weighted by Crippen LogP contribution is 2.33. The number of anilines is 2. The predicted octanol–water partition coefficient (Wildman–Crippen LogP) is 2.63. The molecule has 2 aromatic carbocycles. The van der Waals surface area contributed by atoms with Crippen LogP contribution in [0.15, 0.2) is 54.7 Å². The number of methoxy groups -OCH3 is 1. The SMILES string of the molecule is COc1cccc(F)c1-c1cc2c(NC(=O)c3ccc(N4CCN(S(C)(=O)=O)C(=O)C4)cc3)n[nH]c2cn1. The summed E-state index contributed by atoms with van der Waals surface area (Å²) in [5, 5.41) is 10.3. The van der Waals surface area contributed by atoms with Crippen molar-refractivity contribution in [2.75, 3.05) is 43.2 Å². The minimum Gasteiger partial charge on any atom is -0.496 e. The molecule has 1 aliphatic rings. The minimum absolute atomic E-state index is 0.0573. The van der Waals surface area contributed by atoms with Gasteiger partial charge in [-0.3, -0.25) is 19.7 Å². The number of carbonyl (C=O) groups is 2. The molecule has 1 fully saturated rings. The van der Waals surface area contributed by atoms with E-state index in [0.29, 0.717) is 40.1 Å². The Hall–Kier alpha value is -4.52. The quantitative estimate of drug-likeness (QED) is 0.382. The average Bonchev–Trinajstić information content (AvgIpc) is 3.29. The summed E-state index contributed by atoms with van der Waals surface area (Å²) in [4.78, 5) is 31.3. The number of fused-ring (bicyclic) bond motifs is 1. The fraction of sp³-hybridized carbons (Fsp3) is 0.200. The number of sulfonamides is 1. The van der Waals surface area contributed by atoms with Crippen LogP contribution in [0.1, 0.15) is 10.4 Å². The third-order valence-corrected chi connectivity index (χ3v) is 7.39. The van der Waals surface area contributed by atoms with Crippen LogP contribution in [0.2, 0.25) is 0 Å². The summed E-state index contributed by atoms with van der Waals surface area (Å²) in [5.74, 6) is -0.858. The van der Waals surface area contributed by atoms with Crippen LogP contribution >= 0.6 is 0 Å². The summed E-state index contributed by atoms with van der Waals surface area (Å²) in [6.45, 7) is 0.315. The number of rotatable bonds is 6. The van der Waals surface area contributed by atoms with E-state index in [1.165, 1.54) is 19.4 Å². The van der Waals surface area contributed by atoms with E-state index >= 15 is 0 Å². The molecular formula is C25H23FN6O5S. The molecule has 5 rings (SSSR count). The van der Waals surface area contributed by atoms with Crippen LogP contribution in [-0.4, -0.2) is 72.7 Å². The minimum atomic E-state index is -3.60. The molecule has 13 heteroatoms. The molecule has 3 heterocycles. The first-order valence-electron chi connectivity index (χ1n) is 11.5. The summed E-state index contributed by atoms with van der Waals surface area (Å²) >= 11 is 0. The van der Waals surface area contributed by atoms with Gasteiger partial charge in [-0.05, 0) is 42.5 Å². The highest BCUT2D eigenvalue weighted by molar-refractivity contribution is 7.88. The van der Waals surface area contributed by atoms with Crippen molar-refractivity contribution in [3.05, 3.63) is 66.1 Å². The first kappa shape index (κ1) is 25.1. The van der Waals surface area contributed by atoms with Gasteiger partial charge < -0.3 is 15.0 Å². The largest absolute Gasteiger partial charge is 0.496 e. The number of H-pyrrole nitrogens is 1. The summed E-state index contributed by atoms with van der Waals surface area (Å²) in [6, 6.07) is 12.7. The smallest absolute Gasteiger partial charge is 0.256 e. The fourth-order valence-electron chi connectivity index (χ4n) is 4.30. The Labute approximate surface area is 217 Å². The monoisotopic (exact) mass is 538 g/mol. The van der Waals surface area contributed by atoms with Gasteiger partial charge in [0.05, 0.1) is 49.4 Å². The number of aromatic amines is 1. The second-order valence-electron chi connectivity index (χ2n) is 8.66. The number of amides is 2. The number of piperazine rings is 1. The second kappa shape index (κ2) is 9.74. The maximum Gasteiger partial charge on any atom is 0.256 e. The Kier molecular flexibility index (Phi) is 6.45. The second-order valence-corrected chi connectivity index (χ2v) is 10.6. The van der Waals surface area contributed by atoms with Gasteiger partial charge in [-0.2, -0.15) is 5.10 Å². The Bertz CT molecular complexity index is 1650. The normalized spacial score (nSPS) is 14.1. The third-order valence-electron chi connectivity index (χ3n) is 6.20.